The molecule has 0 fully saturated rings. The first-order valence-electron chi connectivity index (χ1n) is 9.34. The standard InChI is InChI=1S/C25H20N2O2/c1-18-12-14-20(15-13-18)24-21(17-27(26-24)22-10-6-3-7-11-22)16-23(25(28)29)19-8-4-2-5-9-19/h2-17H,1H3,(H,28,29)/b23-16+. The second-order valence-corrected chi connectivity index (χ2v) is 6.81. The lowest BCUT2D eigenvalue weighted by Gasteiger charge is -2.04. The Balaban J connectivity index is 1.89. The molecule has 0 amide bonds. The van der Waals surface area contributed by atoms with E-state index in [1.165, 1.54) is 0 Å². The molecule has 0 spiro atoms. The minimum absolute atomic E-state index is 0.228. The molecule has 1 aromatic heterocycles. The summed E-state index contributed by atoms with van der Waals surface area (Å²) in [7, 11) is 0. The van der Waals surface area contributed by atoms with Crippen molar-refractivity contribution in [1.29, 1.82) is 0 Å². The maximum Gasteiger partial charge on any atom is 0.336 e. The second kappa shape index (κ2) is 7.98. The number of rotatable bonds is 5. The van der Waals surface area contributed by atoms with Crippen LogP contribution in [-0.2, 0) is 4.79 Å². The number of nitrogens with zero attached hydrogens (tertiary/aromatic N) is 2. The van der Waals surface area contributed by atoms with E-state index in [-0.39, 0.29) is 5.57 Å². The van der Waals surface area contributed by atoms with E-state index in [1.54, 1.807) is 22.9 Å². The van der Waals surface area contributed by atoms with E-state index < -0.39 is 5.97 Å². The van der Waals surface area contributed by atoms with Crippen molar-refractivity contribution < 1.29 is 9.90 Å². The minimum atomic E-state index is -0.974. The van der Waals surface area contributed by atoms with Gasteiger partial charge in [-0.1, -0.05) is 78.4 Å². The number of carbonyl (C=O) groups is 1. The van der Waals surface area contributed by atoms with Crippen LogP contribution < -0.4 is 0 Å². The number of hydrogen-bond donors (Lipinski definition) is 1. The van der Waals surface area contributed by atoms with Gasteiger partial charge in [-0.3, -0.25) is 0 Å². The van der Waals surface area contributed by atoms with Crippen LogP contribution in [0.1, 0.15) is 16.7 Å². The first-order valence-corrected chi connectivity index (χ1v) is 9.34. The minimum Gasteiger partial charge on any atom is -0.478 e. The van der Waals surface area contributed by atoms with Crippen molar-refractivity contribution >= 4 is 17.6 Å². The van der Waals surface area contributed by atoms with Crippen LogP contribution in [0.3, 0.4) is 0 Å². The van der Waals surface area contributed by atoms with E-state index in [4.69, 9.17) is 5.10 Å². The summed E-state index contributed by atoms with van der Waals surface area (Å²) in [4.78, 5) is 12.0. The van der Waals surface area contributed by atoms with Gasteiger partial charge in [-0.25, -0.2) is 9.48 Å². The average Bonchev–Trinajstić information content (AvgIpc) is 3.17. The van der Waals surface area contributed by atoms with Crippen LogP contribution in [-0.4, -0.2) is 20.9 Å². The van der Waals surface area contributed by atoms with Crippen LogP contribution in [0.2, 0.25) is 0 Å². The van der Waals surface area contributed by atoms with Gasteiger partial charge in [0.1, 0.15) is 0 Å². The Kier molecular flexibility index (Phi) is 5.08. The topological polar surface area (TPSA) is 55.1 Å². The lowest BCUT2D eigenvalue weighted by Crippen LogP contribution is -1.99. The van der Waals surface area contributed by atoms with Crippen LogP contribution in [0.4, 0.5) is 0 Å². The molecule has 0 bridgehead atoms. The number of aryl methyl sites for hydroxylation is 1. The number of carboxylic acid groups (broad SMARTS) is 1. The highest BCUT2D eigenvalue weighted by Gasteiger charge is 2.15. The van der Waals surface area contributed by atoms with E-state index in [9.17, 15) is 9.90 Å². The van der Waals surface area contributed by atoms with Gasteiger partial charge in [0.2, 0.25) is 0 Å². The van der Waals surface area contributed by atoms with Crippen molar-refractivity contribution in [3.63, 3.8) is 0 Å². The van der Waals surface area contributed by atoms with Crippen LogP contribution in [0.5, 0.6) is 0 Å². The SMILES string of the molecule is Cc1ccc(-c2nn(-c3ccccc3)cc2/C=C(/C(=O)O)c2ccccc2)cc1. The van der Waals surface area contributed by atoms with Gasteiger partial charge in [-0.2, -0.15) is 5.10 Å². The van der Waals surface area contributed by atoms with Crippen molar-refractivity contribution in [2.24, 2.45) is 0 Å². The van der Waals surface area contributed by atoms with Crippen LogP contribution in [0.25, 0.3) is 28.6 Å². The Morgan fingerprint density at radius 1 is 0.897 bits per heavy atom. The molecule has 1 heterocycles. The molecule has 0 atom stereocenters. The maximum atomic E-state index is 12.0. The number of benzene rings is 3. The van der Waals surface area contributed by atoms with Crippen LogP contribution >= 0.6 is 0 Å². The fourth-order valence-electron chi connectivity index (χ4n) is 3.18. The monoisotopic (exact) mass is 380 g/mol. The third-order valence-electron chi connectivity index (χ3n) is 4.70. The normalized spacial score (nSPS) is 11.4. The summed E-state index contributed by atoms with van der Waals surface area (Å²) in [5.41, 5.74) is 5.38. The predicted molar refractivity (Wildman–Crippen MR) is 116 cm³/mol. The highest BCUT2D eigenvalue weighted by Crippen LogP contribution is 2.28. The molecule has 0 aliphatic carbocycles. The molecular weight excluding hydrogens is 360 g/mol. The molecule has 1 N–H and O–H groups in total. The van der Waals surface area contributed by atoms with Crippen LogP contribution in [0.15, 0.2) is 91.1 Å². The van der Waals surface area contributed by atoms with Gasteiger partial charge in [0.15, 0.2) is 0 Å². The number of aromatic nitrogens is 2. The zero-order valence-corrected chi connectivity index (χ0v) is 16.0. The Hall–Kier alpha value is -3.92. The largest absolute Gasteiger partial charge is 0.478 e. The van der Waals surface area contributed by atoms with E-state index >= 15 is 0 Å². The van der Waals surface area contributed by atoms with Gasteiger partial charge in [-0.15, -0.1) is 0 Å². The quantitative estimate of drug-likeness (QED) is 0.467. The van der Waals surface area contributed by atoms with E-state index in [0.29, 0.717) is 5.56 Å². The number of carboxylic acids is 1. The van der Waals surface area contributed by atoms with Crippen LogP contribution in [0, 0.1) is 6.92 Å². The maximum absolute atomic E-state index is 12.0. The highest BCUT2D eigenvalue weighted by molar-refractivity contribution is 6.21. The molecule has 4 heteroatoms. The number of para-hydroxylation sites is 1. The zero-order chi connectivity index (χ0) is 20.2. The summed E-state index contributed by atoms with van der Waals surface area (Å²) in [6.45, 7) is 2.03. The molecule has 0 saturated carbocycles. The molecule has 4 rings (SSSR count). The van der Waals surface area contributed by atoms with E-state index in [1.807, 2.05) is 85.9 Å². The molecule has 29 heavy (non-hydrogen) atoms. The summed E-state index contributed by atoms with van der Waals surface area (Å²) in [5, 5.41) is 14.6. The van der Waals surface area contributed by atoms with Gasteiger partial charge < -0.3 is 5.11 Å². The summed E-state index contributed by atoms with van der Waals surface area (Å²) in [5.74, 6) is -0.974. The lowest BCUT2D eigenvalue weighted by molar-refractivity contribution is -0.130. The van der Waals surface area contributed by atoms with Gasteiger partial charge in [0.25, 0.3) is 0 Å². The Bertz CT molecular complexity index is 1160. The molecule has 4 nitrogen and oxygen atoms in total. The third kappa shape index (κ3) is 4.01. The highest BCUT2D eigenvalue weighted by atomic mass is 16.4. The molecule has 0 radical (unpaired) electrons. The molecule has 3 aromatic carbocycles. The molecule has 142 valence electrons. The molecule has 4 aromatic rings. The van der Waals surface area contributed by atoms with Crippen molar-refractivity contribution in [2.45, 2.75) is 6.92 Å². The van der Waals surface area contributed by atoms with E-state index in [2.05, 4.69) is 0 Å². The van der Waals surface area contributed by atoms with Crippen molar-refractivity contribution in [3.8, 4) is 16.9 Å². The fraction of sp³-hybridized carbons (Fsp3) is 0.0400. The summed E-state index contributed by atoms with van der Waals surface area (Å²) in [6, 6.07) is 27.0. The number of aliphatic carboxylic acids is 1. The van der Waals surface area contributed by atoms with Crippen molar-refractivity contribution in [3.05, 3.63) is 108 Å². The Morgan fingerprint density at radius 2 is 1.52 bits per heavy atom. The van der Waals surface area contributed by atoms with Gasteiger partial charge in [0.05, 0.1) is 17.0 Å². The predicted octanol–water partition coefficient (Wildman–Crippen LogP) is 5.47. The molecule has 0 unspecified atom stereocenters. The fourth-order valence-corrected chi connectivity index (χ4v) is 3.18. The Morgan fingerprint density at radius 3 is 2.14 bits per heavy atom. The van der Waals surface area contributed by atoms with Crippen molar-refractivity contribution in [1.82, 2.24) is 9.78 Å². The molecule has 0 aliphatic heterocycles. The lowest BCUT2D eigenvalue weighted by atomic mass is 10.0. The summed E-state index contributed by atoms with van der Waals surface area (Å²) < 4.78 is 1.78. The van der Waals surface area contributed by atoms with Gasteiger partial charge in [-0.05, 0) is 30.7 Å². The van der Waals surface area contributed by atoms with Crippen molar-refractivity contribution in [2.75, 3.05) is 0 Å². The smallest absolute Gasteiger partial charge is 0.336 e. The molecule has 0 saturated heterocycles. The Labute approximate surface area is 169 Å². The molecular formula is C25H20N2O2. The number of hydrogen-bond acceptors (Lipinski definition) is 2. The first-order chi connectivity index (χ1) is 14.1. The molecule has 0 aliphatic rings. The first kappa shape index (κ1) is 18.4. The zero-order valence-electron chi connectivity index (χ0n) is 16.0. The van der Waals surface area contributed by atoms with E-state index in [0.717, 1.165) is 28.1 Å². The third-order valence-corrected chi connectivity index (χ3v) is 4.70. The summed E-state index contributed by atoms with van der Waals surface area (Å²) >= 11 is 0. The summed E-state index contributed by atoms with van der Waals surface area (Å²) in [6.07, 6.45) is 3.57. The average molecular weight is 380 g/mol. The second-order valence-electron chi connectivity index (χ2n) is 6.81. The van der Waals surface area contributed by atoms with Gasteiger partial charge >= 0.3 is 5.97 Å². The van der Waals surface area contributed by atoms with Gasteiger partial charge in [0, 0.05) is 17.3 Å².